The molecule has 0 atom stereocenters. The van der Waals surface area contributed by atoms with E-state index in [4.69, 9.17) is 22.2 Å². The van der Waals surface area contributed by atoms with Crippen molar-refractivity contribution in [1.29, 1.82) is 0 Å². The van der Waals surface area contributed by atoms with Crippen LogP contribution in [0, 0.1) is 0 Å². The average molecular weight is 239 g/mol. The first-order valence-electron chi connectivity index (χ1n) is 4.83. The largest absolute Gasteiger partial charge is 0.366 e. The number of anilines is 1. The molecule has 0 aliphatic carbocycles. The maximum atomic E-state index is 10.9. The highest BCUT2D eigenvalue weighted by Gasteiger charge is 2.13. The van der Waals surface area contributed by atoms with Crippen LogP contribution in [-0.4, -0.2) is 19.1 Å². The van der Waals surface area contributed by atoms with Gasteiger partial charge >= 0.3 is 0 Å². The zero-order valence-corrected chi connectivity index (χ0v) is 9.28. The number of primary amides is 1. The zero-order chi connectivity index (χ0) is 11.5. The third-order valence-corrected chi connectivity index (χ3v) is 2.57. The van der Waals surface area contributed by atoms with Crippen LogP contribution in [0.3, 0.4) is 0 Å². The fourth-order valence-electron chi connectivity index (χ4n) is 1.45. The average Bonchev–Trinajstić information content (AvgIpc) is 2.30. The molecule has 0 aromatic heterocycles. The summed E-state index contributed by atoms with van der Waals surface area (Å²) in [6, 6.07) is 4.90. The van der Waals surface area contributed by atoms with Gasteiger partial charge in [0, 0.05) is 5.56 Å². The predicted molar refractivity (Wildman–Crippen MR) is 62.4 cm³/mol. The molecule has 1 aromatic rings. The third kappa shape index (κ3) is 2.18. The van der Waals surface area contributed by atoms with E-state index in [1.54, 1.807) is 23.3 Å². The van der Waals surface area contributed by atoms with Crippen LogP contribution in [0.2, 0.25) is 5.02 Å². The van der Waals surface area contributed by atoms with Crippen molar-refractivity contribution in [1.82, 2.24) is 0 Å². The molecule has 1 amide bonds. The lowest BCUT2D eigenvalue weighted by molar-refractivity contribution is 0.1000. The molecule has 5 heteroatoms. The smallest absolute Gasteiger partial charge is 0.248 e. The quantitative estimate of drug-likeness (QED) is 0.799. The van der Waals surface area contributed by atoms with Crippen molar-refractivity contribution in [2.75, 3.05) is 18.2 Å². The van der Waals surface area contributed by atoms with E-state index in [-0.39, 0.29) is 0 Å². The van der Waals surface area contributed by atoms with Crippen LogP contribution < -0.4 is 10.8 Å². The molecule has 1 aliphatic heterocycles. The Bertz CT molecular complexity index is 446. The molecule has 4 nitrogen and oxygen atoms in total. The highest BCUT2D eigenvalue weighted by Crippen LogP contribution is 2.27. The molecule has 2 N–H and O–H groups in total. The molecule has 0 radical (unpaired) electrons. The second-order valence-corrected chi connectivity index (χ2v) is 3.77. The van der Waals surface area contributed by atoms with Gasteiger partial charge in [0.05, 0.1) is 23.9 Å². The summed E-state index contributed by atoms with van der Waals surface area (Å²) in [5.41, 5.74) is 6.28. The Morgan fingerprint density at radius 1 is 1.44 bits per heavy atom. The van der Waals surface area contributed by atoms with Crippen molar-refractivity contribution < 1.29 is 9.63 Å². The van der Waals surface area contributed by atoms with E-state index < -0.39 is 5.91 Å². The van der Waals surface area contributed by atoms with Crippen molar-refractivity contribution in [3.8, 4) is 0 Å². The number of benzene rings is 1. The Kier molecular flexibility index (Phi) is 3.12. The minimum Gasteiger partial charge on any atom is -0.366 e. The van der Waals surface area contributed by atoms with Gasteiger partial charge in [0.15, 0.2) is 0 Å². The molecule has 0 unspecified atom stereocenters. The second-order valence-electron chi connectivity index (χ2n) is 3.36. The van der Waals surface area contributed by atoms with Gasteiger partial charge in [-0.05, 0) is 18.2 Å². The van der Waals surface area contributed by atoms with Crippen LogP contribution in [0.4, 0.5) is 5.69 Å². The first-order valence-corrected chi connectivity index (χ1v) is 5.21. The fourth-order valence-corrected chi connectivity index (χ4v) is 1.73. The highest BCUT2D eigenvalue weighted by atomic mass is 35.5. The van der Waals surface area contributed by atoms with E-state index in [2.05, 4.69) is 0 Å². The number of carbonyl (C=O) groups is 1. The number of hydrogen-bond acceptors (Lipinski definition) is 3. The Morgan fingerprint density at radius 3 is 2.81 bits per heavy atom. The number of nitrogens with zero attached hydrogens (tertiary/aromatic N) is 1. The molecule has 1 aromatic carbocycles. The molecular weight excluding hydrogens is 228 g/mol. The number of amides is 1. The minimum absolute atomic E-state index is 0.390. The zero-order valence-electron chi connectivity index (χ0n) is 8.52. The SMILES string of the molecule is NC(=O)c1ccc(N2CC=CCO2)c(Cl)c1. The van der Waals surface area contributed by atoms with Crippen LogP contribution in [0.5, 0.6) is 0 Å². The van der Waals surface area contributed by atoms with Gasteiger partial charge in [-0.15, -0.1) is 0 Å². The standard InChI is InChI=1S/C11H11ClN2O2/c12-9-7-8(11(13)15)3-4-10(9)14-5-1-2-6-16-14/h1-4,7H,5-6H2,(H2,13,15). The molecule has 0 fully saturated rings. The summed E-state index contributed by atoms with van der Waals surface area (Å²) in [7, 11) is 0. The van der Waals surface area contributed by atoms with E-state index in [0.29, 0.717) is 23.7 Å². The van der Waals surface area contributed by atoms with Gasteiger partial charge in [-0.25, -0.2) is 5.06 Å². The van der Waals surface area contributed by atoms with E-state index in [9.17, 15) is 4.79 Å². The Morgan fingerprint density at radius 2 is 2.25 bits per heavy atom. The van der Waals surface area contributed by atoms with E-state index in [1.807, 2.05) is 12.2 Å². The molecule has 84 valence electrons. The number of rotatable bonds is 2. The predicted octanol–water partition coefficient (Wildman–Crippen LogP) is 1.75. The Hall–Kier alpha value is -1.52. The van der Waals surface area contributed by atoms with Crippen molar-refractivity contribution in [3.63, 3.8) is 0 Å². The number of halogens is 1. The summed E-state index contributed by atoms with van der Waals surface area (Å²) in [6.07, 6.45) is 3.92. The Balaban J connectivity index is 2.28. The Labute approximate surface area is 98.2 Å². The molecule has 1 heterocycles. The lowest BCUT2D eigenvalue weighted by Gasteiger charge is -2.25. The topological polar surface area (TPSA) is 55.6 Å². The third-order valence-electron chi connectivity index (χ3n) is 2.27. The van der Waals surface area contributed by atoms with Gasteiger partial charge in [-0.2, -0.15) is 0 Å². The van der Waals surface area contributed by atoms with Gasteiger partial charge in [0.2, 0.25) is 5.91 Å². The summed E-state index contributed by atoms with van der Waals surface area (Å²) in [5.74, 6) is -0.493. The summed E-state index contributed by atoms with van der Waals surface area (Å²) >= 11 is 6.05. The van der Waals surface area contributed by atoms with Crippen molar-refractivity contribution >= 4 is 23.2 Å². The maximum absolute atomic E-state index is 10.9. The van der Waals surface area contributed by atoms with Gasteiger partial charge in [-0.1, -0.05) is 23.8 Å². The fraction of sp³-hybridized carbons (Fsp3) is 0.182. The molecular formula is C11H11ClN2O2. The maximum Gasteiger partial charge on any atom is 0.248 e. The molecule has 0 spiro atoms. The lowest BCUT2D eigenvalue weighted by Crippen LogP contribution is -2.27. The van der Waals surface area contributed by atoms with E-state index >= 15 is 0 Å². The normalized spacial score (nSPS) is 15.2. The van der Waals surface area contributed by atoms with Crippen LogP contribution >= 0.6 is 11.6 Å². The number of nitrogens with two attached hydrogens (primary N) is 1. The minimum atomic E-state index is -0.493. The monoisotopic (exact) mass is 238 g/mol. The second kappa shape index (κ2) is 4.55. The molecule has 0 saturated heterocycles. The van der Waals surface area contributed by atoms with Crippen LogP contribution in [0.15, 0.2) is 30.4 Å². The van der Waals surface area contributed by atoms with Crippen molar-refractivity contribution in [2.24, 2.45) is 5.73 Å². The van der Waals surface area contributed by atoms with Gasteiger partial charge in [0.25, 0.3) is 0 Å². The van der Waals surface area contributed by atoms with Gasteiger partial charge < -0.3 is 5.73 Å². The number of carbonyl (C=O) groups excluding carboxylic acids is 1. The van der Waals surface area contributed by atoms with Crippen LogP contribution in [0.1, 0.15) is 10.4 Å². The first kappa shape index (κ1) is 11.0. The van der Waals surface area contributed by atoms with E-state index in [1.165, 1.54) is 0 Å². The van der Waals surface area contributed by atoms with Gasteiger partial charge in [-0.3, -0.25) is 9.63 Å². The van der Waals surface area contributed by atoms with Crippen molar-refractivity contribution in [2.45, 2.75) is 0 Å². The summed E-state index contributed by atoms with van der Waals surface area (Å²) in [4.78, 5) is 16.3. The summed E-state index contributed by atoms with van der Waals surface area (Å²) in [6.45, 7) is 1.16. The van der Waals surface area contributed by atoms with Crippen LogP contribution in [0.25, 0.3) is 0 Å². The lowest BCUT2D eigenvalue weighted by atomic mass is 10.2. The van der Waals surface area contributed by atoms with Crippen LogP contribution in [-0.2, 0) is 4.84 Å². The van der Waals surface area contributed by atoms with Gasteiger partial charge in [0.1, 0.15) is 0 Å². The van der Waals surface area contributed by atoms with Crippen molar-refractivity contribution in [3.05, 3.63) is 40.9 Å². The molecule has 1 aliphatic rings. The highest BCUT2D eigenvalue weighted by molar-refractivity contribution is 6.33. The number of hydrogen-bond donors (Lipinski definition) is 1. The number of hydroxylamine groups is 1. The summed E-state index contributed by atoms with van der Waals surface area (Å²) in [5, 5.41) is 2.12. The molecule has 0 saturated carbocycles. The molecule has 2 rings (SSSR count). The molecule has 16 heavy (non-hydrogen) atoms. The first-order chi connectivity index (χ1) is 7.68. The summed E-state index contributed by atoms with van der Waals surface area (Å²) < 4.78 is 0. The molecule has 0 bridgehead atoms. The van der Waals surface area contributed by atoms with E-state index in [0.717, 1.165) is 5.69 Å².